The van der Waals surface area contributed by atoms with Crippen LogP contribution in [0.2, 0.25) is 0 Å². The van der Waals surface area contributed by atoms with E-state index in [0.717, 1.165) is 34.1 Å². The minimum atomic E-state index is -0.176. The minimum absolute atomic E-state index is 0.0201. The molecule has 0 radical (unpaired) electrons. The highest BCUT2D eigenvalue weighted by molar-refractivity contribution is 14.1. The molecule has 0 bridgehead atoms. The molecule has 0 unspecified atom stereocenters. The van der Waals surface area contributed by atoms with Gasteiger partial charge >= 0.3 is 0 Å². The molecule has 1 amide bonds. The van der Waals surface area contributed by atoms with E-state index >= 15 is 0 Å². The van der Waals surface area contributed by atoms with Crippen LogP contribution in [0.1, 0.15) is 42.5 Å². The molecule has 2 rings (SSSR count). The van der Waals surface area contributed by atoms with Crippen LogP contribution in [0.4, 0.5) is 0 Å². The quantitative estimate of drug-likeness (QED) is 0.620. The van der Waals surface area contributed by atoms with Crippen LogP contribution in [0.3, 0.4) is 0 Å². The fraction of sp³-hybridized carbons (Fsp3) is 0.583. The Hall–Kier alpha value is 0.190. The molecule has 1 aromatic heterocycles. The molecule has 5 heteroatoms. The van der Waals surface area contributed by atoms with Gasteiger partial charge in [-0.3, -0.25) is 4.79 Å². The molecule has 1 aliphatic rings. The Morgan fingerprint density at radius 3 is 2.71 bits per heavy atom. The van der Waals surface area contributed by atoms with E-state index in [1.807, 2.05) is 11.4 Å². The lowest BCUT2D eigenvalue weighted by atomic mass is 9.83. The van der Waals surface area contributed by atoms with E-state index in [1.165, 1.54) is 6.42 Å². The van der Waals surface area contributed by atoms with E-state index in [1.54, 1.807) is 11.3 Å². The summed E-state index contributed by atoms with van der Waals surface area (Å²) in [6.07, 6.45) is 5.58. The van der Waals surface area contributed by atoms with Crippen LogP contribution in [0, 0.1) is 2.88 Å². The number of carbonyl (C=O) groups is 1. The van der Waals surface area contributed by atoms with Gasteiger partial charge in [-0.1, -0.05) is 19.3 Å². The first-order valence-electron chi connectivity index (χ1n) is 5.78. The summed E-state index contributed by atoms with van der Waals surface area (Å²) in [5.74, 6) is 0.534. The maximum atomic E-state index is 12.1. The van der Waals surface area contributed by atoms with E-state index < -0.39 is 0 Å². The molecule has 1 heterocycles. The first-order valence-corrected chi connectivity index (χ1v) is 8.27. The Morgan fingerprint density at radius 1 is 1.47 bits per heavy atom. The summed E-state index contributed by atoms with van der Waals surface area (Å²) in [7, 11) is 0. The van der Waals surface area contributed by atoms with Gasteiger partial charge < -0.3 is 5.32 Å². The fourth-order valence-corrected chi connectivity index (χ4v) is 3.92. The molecule has 0 spiro atoms. The zero-order valence-electron chi connectivity index (χ0n) is 9.47. The predicted molar refractivity (Wildman–Crippen MR) is 81.0 cm³/mol. The van der Waals surface area contributed by atoms with Crippen LogP contribution >= 0.6 is 45.5 Å². The number of alkyl halides is 1. The van der Waals surface area contributed by atoms with Crippen molar-refractivity contribution in [3.8, 4) is 0 Å². The van der Waals surface area contributed by atoms with Gasteiger partial charge in [0.25, 0.3) is 5.91 Å². The second-order valence-electron chi connectivity index (χ2n) is 4.57. The van der Waals surface area contributed by atoms with Crippen LogP contribution in [-0.2, 0) is 0 Å². The van der Waals surface area contributed by atoms with E-state index in [0.29, 0.717) is 5.88 Å². The fourth-order valence-electron chi connectivity index (χ4n) is 2.26. The van der Waals surface area contributed by atoms with Gasteiger partial charge in [0.05, 0.1) is 14.0 Å². The summed E-state index contributed by atoms with van der Waals surface area (Å²) in [5.41, 5.74) is 0.582. The van der Waals surface area contributed by atoms with E-state index in [9.17, 15) is 4.79 Å². The third-order valence-electron chi connectivity index (χ3n) is 3.27. The van der Waals surface area contributed by atoms with Gasteiger partial charge in [-0.05, 0) is 41.5 Å². The largest absolute Gasteiger partial charge is 0.345 e. The lowest BCUT2D eigenvalue weighted by Crippen LogP contribution is -2.51. The highest BCUT2D eigenvalue weighted by Crippen LogP contribution is 2.30. The van der Waals surface area contributed by atoms with Crippen molar-refractivity contribution in [2.24, 2.45) is 0 Å². The maximum Gasteiger partial charge on any atom is 0.252 e. The molecule has 2 nitrogen and oxygen atoms in total. The Balaban J connectivity index is 2.05. The number of amides is 1. The average molecular weight is 384 g/mol. The summed E-state index contributed by atoms with van der Waals surface area (Å²) < 4.78 is 1.14. The lowest BCUT2D eigenvalue weighted by Gasteiger charge is -2.36. The van der Waals surface area contributed by atoms with Gasteiger partial charge in [0.2, 0.25) is 0 Å². The Bertz CT molecular complexity index is 401. The molecule has 1 saturated carbocycles. The van der Waals surface area contributed by atoms with Gasteiger partial charge in [0.1, 0.15) is 0 Å². The number of halogens is 2. The molecule has 1 N–H and O–H groups in total. The summed E-state index contributed by atoms with van der Waals surface area (Å²) in [6, 6.07) is 1.92. The van der Waals surface area contributed by atoms with Crippen LogP contribution < -0.4 is 5.32 Å². The number of thiophene rings is 1. The number of rotatable bonds is 3. The van der Waals surface area contributed by atoms with Gasteiger partial charge in [-0.2, -0.15) is 0 Å². The molecule has 0 aliphatic heterocycles. The molecule has 1 fully saturated rings. The Labute approximate surface area is 124 Å². The summed E-state index contributed by atoms with van der Waals surface area (Å²) >= 11 is 9.88. The number of hydrogen-bond donors (Lipinski definition) is 1. The van der Waals surface area contributed by atoms with Gasteiger partial charge in [0, 0.05) is 11.3 Å². The summed E-state index contributed by atoms with van der Waals surface area (Å²) in [4.78, 5) is 12.1. The van der Waals surface area contributed by atoms with E-state index in [4.69, 9.17) is 11.6 Å². The number of hydrogen-bond acceptors (Lipinski definition) is 2. The molecule has 94 valence electrons. The van der Waals surface area contributed by atoms with Crippen molar-refractivity contribution in [2.75, 3.05) is 5.88 Å². The lowest BCUT2D eigenvalue weighted by molar-refractivity contribution is 0.0885. The molecule has 1 aliphatic carbocycles. The third-order valence-corrected chi connectivity index (χ3v) is 5.58. The van der Waals surface area contributed by atoms with Gasteiger partial charge in [0.15, 0.2) is 0 Å². The molecular formula is C12H15ClINOS. The molecular weight excluding hydrogens is 369 g/mol. The van der Waals surface area contributed by atoms with Crippen LogP contribution in [0.25, 0.3) is 0 Å². The summed E-state index contributed by atoms with van der Waals surface area (Å²) in [5, 5.41) is 5.05. The molecule has 0 atom stereocenters. The summed E-state index contributed by atoms with van der Waals surface area (Å²) in [6.45, 7) is 0. The minimum Gasteiger partial charge on any atom is -0.345 e. The van der Waals surface area contributed by atoms with Crippen LogP contribution in [0.5, 0.6) is 0 Å². The van der Waals surface area contributed by atoms with Crippen molar-refractivity contribution in [1.82, 2.24) is 5.32 Å². The van der Waals surface area contributed by atoms with Crippen molar-refractivity contribution in [2.45, 2.75) is 37.6 Å². The number of carbonyl (C=O) groups excluding carboxylic acids is 1. The van der Waals surface area contributed by atoms with E-state index in [-0.39, 0.29) is 11.4 Å². The van der Waals surface area contributed by atoms with Gasteiger partial charge in [-0.15, -0.1) is 22.9 Å². The highest BCUT2D eigenvalue weighted by Gasteiger charge is 2.33. The second-order valence-corrected chi connectivity index (χ2v) is 7.64. The van der Waals surface area contributed by atoms with Crippen molar-refractivity contribution in [3.05, 3.63) is 19.9 Å². The normalized spacial score (nSPS) is 18.9. The first kappa shape index (κ1) is 13.6. The topological polar surface area (TPSA) is 29.1 Å². The average Bonchev–Trinajstić information content (AvgIpc) is 2.77. The maximum absolute atomic E-state index is 12.1. The van der Waals surface area contributed by atoms with Crippen molar-refractivity contribution in [1.29, 1.82) is 0 Å². The van der Waals surface area contributed by atoms with Crippen molar-refractivity contribution < 1.29 is 4.79 Å². The Kier molecular flexibility index (Phi) is 4.72. The highest BCUT2D eigenvalue weighted by atomic mass is 127. The first-order chi connectivity index (χ1) is 8.15. The van der Waals surface area contributed by atoms with Gasteiger partial charge in [-0.25, -0.2) is 0 Å². The zero-order valence-corrected chi connectivity index (χ0v) is 13.2. The second kappa shape index (κ2) is 5.89. The van der Waals surface area contributed by atoms with Crippen molar-refractivity contribution in [3.63, 3.8) is 0 Å². The molecule has 17 heavy (non-hydrogen) atoms. The third kappa shape index (κ3) is 3.35. The van der Waals surface area contributed by atoms with E-state index in [2.05, 4.69) is 27.9 Å². The molecule has 1 aromatic rings. The SMILES string of the molecule is O=C(NC1(CCl)CCCCC1)c1csc(I)c1. The van der Waals surface area contributed by atoms with Crippen LogP contribution in [-0.4, -0.2) is 17.3 Å². The number of nitrogens with one attached hydrogen (secondary N) is 1. The zero-order chi connectivity index (χ0) is 12.3. The standard InChI is InChI=1S/C12H15ClINOS/c13-8-12(4-2-1-3-5-12)15-11(16)9-6-10(14)17-7-9/h6-7H,1-5,8H2,(H,15,16). The Morgan fingerprint density at radius 2 is 2.18 bits per heavy atom. The smallest absolute Gasteiger partial charge is 0.252 e. The molecule has 0 saturated heterocycles. The monoisotopic (exact) mass is 383 g/mol. The molecule has 0 aromatic carbocycles. The predicted octanol–water partition coefficient (Wildman–Crippen LogP) is 4.02. The van der Waals surface area contributed by atoms with Crippen molar-refractivity contribution >= 4 is 51.4 Å². The van der Waals surface area contributed by atoms with Crippen LogP contribution in [0.15, 0.2) is 11.4 Å².